The van der Waals surface area contributed by atoms with Crippen LogP contribution in [0.1, 0.15) is 19.4 Å². The van der Waals surface area contributed by atoms with E-state index in [1.54, 1.807) is 38.1 Å². The maximum atomic E-state index is 11.7. The number of nitrogens with zero attached hydrogens (tertiary/aromatic N) is 2. The maximum Gasteiger partial charge on any atom is 0.302 e. The van der Waals surface area contributed by atoms with Gasteiger partial charge >= 0.3 is 5.71 Å². The zero-order valence-corrected chi connectivity index (χ0v) is 9.73. The van der Waals surface area contributed by atoms with Crippen molar-refractivity contribution in [3.63, 3.8) is 0 Å². The molecule has 1 aromatic rings. The van der Waals surface area contributed by atoms with Crippen molar-refractivity contribution in [2.75, 3.05) is 0 Å². The standard InChI is InChI=1S/C11H11ClN2O2/c1-8-11(2,12)10(14(16)13(8)15)9-6-4-3-5-7-9/h3-7H,1-2H3. The Morgan fingerprint density at radius 3 is 2.12 bits per heavy atom. The van der Waals surface area contributed by atoms with Crippen LogP contribution in [-0.2, 0) is 0 Å². The molecule has 0 N–H and O–H groups in total. The zero-order valence-electron chi connectivity index (χ0n) is 8.98. The highest BCUT2D eigenvalue weighted by atomic mass is 35.5. The van der Waals surface area contributed by atoms with Gasteiger partial charge in [0.25, 0.3) is 5.71 Å². The summed E-state index contributed by atoms with van der Waals surface area (Å²) in [6, 6.07) is 8.95. The van der Waals surface area contributed by atoms with Crippen LogP contribution in [0.4, 0.5) is 0 Å². The van der Waals surface area contributed by atoms with Crippen molar-refractivity contribution in [1.29, 1.82) is 0 Å². The molecule has 0 saturated heterocycles. The lowest BCUT2D eigenvalue weighted by molar-refractivity contribution is -1.05. The summed E-state index contributed by atoms with van der Waals surface area (Å²) in [5, 5.41) is 23.2. The van der Waals surface area contributed by atoms with Gasteiger partial charge in [0.1, 0.15) is 0 Å². The normalized spacial score (nSPS) is 25.4. The van der Waals surface area contributed by atoms with Crippen LogP contribution in [0.2, 0.25) is 0 Å². The number of hydrazone groups is 2. The summed E-state index contributed by atoms with van der Waals surface area (Å²) in [5.41, 5.74) is 1.21. The van der Waals surface area contributed by atoms with E-state index in [0.717, 1.165) is 0 Å². The Morgan fingerprint density at radius 1 is 1.12 bits per heavy atom. The number of halogens is 1. The number of hydrazine groups is 1. The zero-order chi connectivity index (χ0) is 11.9. The number of hydrogen-bond donors (Lipinski definition) is 0. The molecule has 0 bridgehead atoms. The summed E-state index contributed by atoms with van der Waals surface area (Å²) in [4.78, 5) is -0.460. The topological polar surface area (TPSA) is 52.1 Å². The van der Waals surface area contributed by atoms with Crippen molar-refractivity contribution in [3.8, 4) is 0 Å². The van der Waals surface area contributed by atoms with Gasteiger partial charge in [-0.1, -0.05) is 29.8 Å². The molecule has 0 aliphatic carbocycles. The molecule has 0 saturated carbocycles. The van der Waals surface area contributed by atoms with Gasteiger partial charge in [0.05, 0.1) is 15.3 Å². The van der Waals surface area contributed by atoms with Crippen LogP contribution < -0.4 is 0 Å². The predicted molar refractivity (Wildman–Crippen MR) is 62.7 cm³/mol. The molecule has 2 rings (SSSR count). The van der Waals surface area contributed by atoms with E-state index in [2.05, 4.69) is 0 Å². The van der Waals surface area contributed by atoms with Crippen LogP contribution in [0.25, 0.3) is 0 Å². The first kappa shape index (κ1) is 11.0. The van der Waals surface area contributed by atoms with Crippen molar-refractivity contribution >= 4 is 23.0 Å². The molecular weight excluding hydrogens is 228 g/mol. The van der Waals surface area contributed by atoms with Crippen molar-refractivity contribution in [1.82, 2.24) is 0 Å². The van der Waals surface area contributed by atoms with Gasteiger partial charge in [-0.15, -0.1) is 0 Å². The summed E-state index contributed by atoms with van der Waals surface area (Å²) in [7, 11) is 0. The third-order valence-corrected chi connectivity index (χ3v) is 3.27. The number of hydrogen-bond acceptors (Lipinski definition) is 2. The molecule has 1 aliphatic rings. The molecule has 5 heteroatoms. The second-order valence-corrected chi connectivity index (χ2v) is 4.60. The average Bonchev–Trinajstić information content (AvgIpc) is 2.41. The van der Waals surface area contributed by atoms with Crippen LogP contribution in [0.5, 0.6) is 0 Å². The van der Waals surface area contributed by atoms with E-state index in [9.17, 15) is 10.4 Å². The third kappa shape index (κ3) is 1.38. The van der Waals surface area contributed by atoms with Crippen molar-refractivity contribution in [2.45, 2.75) is 18.7 Å². The molecule has 0 spiro atoms. The Kier molecular flexibility index (Phi) is 2.39. The van der Waals surface area contributed by atoms with E-state index < -0.39 is 4.87 Å². The SMILES string of the molecule is CC1=[N+]([O-])[N+]([O-])=C(c2ccccc2)C1(C)Cl. The second-order valence-electron chi connectivity index (χ2n) is 3.85. The average molecular weight is 239 g/mol. The first-order valence-electron chi connectivity index (χ1n) is 4.86. The van der Waals surface area contributed by atoms with Gasteiger partial charge in [-0.3, -0.25) is 0 Å². The first-order chi connectivity index (χ1) is 7.46. The Bertz CT molecular complexity index is 492. The van der Waals surface area contributed by atoms with Crippen molar-refractivity contribution in [3.05, 3.63) is 46.3 Å². The Labute approximate surface area is 98.2 Å². The fourth-order valence-corrected chi connectivity index (χ4v) is 1.99. The largest absolute Gasteiger partial charge is 0.561 e. The van der Waals surface area contributed by atoms with Crippen molar-refractivity contribution < 1.29 is 9.70 Å². The molecule has 1 atom stereocenters. The summed E-state index contributed by atoms with van der Waals surface area (Å²) >= 11 is 6.25. The second kappa shape index (κ2) is 3.49. The van der Waals surface area contributed by atoms with Crippen LogP contribution >= 0.6 is 11.6 Å². The Hall–Kier alpha value is -1.55. The number of rotatable bonds is 1. The maximum absolute atomic E-state index is 11.7. The minimum Gasteiger partial charge on any atom is -0.561 e. The van der Waals surface area contributed by atoms with E-state index >= 15 is 0 Å². The summed E-state index contributed by atoms with van der Waals surface area (Å²) in [5.74, 6) is 0. The third-order valence-electron chi connectivity index (χ3n) is 2.81. The van der Waals surface area contributed by atoms with Crippen LogP contribution in [0.3, 0.4) is 0 Å². The Balaban J connectivity index is 2.61. The molecule has 1 heterocycles. The van der Waals surface area contributed by atoms with E-state index in [4.69, 9.17) is 11.6 Å². The lowest BCUT2D eigenvalue weighted by Crippen LogP contribution is -2.35. The predicted octanol–water partition coefficient (Wildman–Crippen LogP) is 1.88. The molecule has 84 valence electrons. The molecule has 1 unspecified atom stereocenters. The highest BCUT2D eigenvalue weighted by Gasteiger charge is 2.53. The quantitative estimate of drug-likeness (QED) is 0.426. The molecule has 1 aliphatic heterocycles. The summed E-state index contributed by atoms with van der Waals surface area (Å²) < 4.78 is 0. The highest BCUT2D eigenvalue weighted by molar-refractivity contribution is 6.49. The molecular formula is C11H11ClN2O2. The minimum absolute atomic E-state index is 0.266. The minimum atomic E-state index is -1.05. The molecule has 0 amide bonds. The van der Waals surface area contributed by atoms with Gasteiger partial charge in [0, 0.05) is 6.92 Å². The molecule has 0 radical (unpaired) electrons. The van der Waals surface area contributed by atoms with Crippen LogP contribution in [-0.4, -0.2) is 26.0 Å². The van der Waals surface area contributed by atoms with Gasteiger partial charge in [0.2, 0.25) is 4.87 Å². The number of alkyl halides is 1. The van der Waals surface area contributed by atoms with Gasteiger partial charge in [-0.05, 0) is 19.1 Å². The van der Waals surface area contributed by atoms with E-state index in [-0.39, 0.29) is 16.3 Å². The fourth-order valence-electron chi connectivity index (χ4n) is 1.74. The number of benzene rings is 1. The lowest BCUT2D eigenvalue weighted by atomic mass is 9.95. The molecule has 16 heavy (non-hydrogen) atoms. The lowest BCUT2D eigenvalue weighted by Gasteiger charge is -2.08. The van der Waals surface area contributed by atoms with Crippen LogP contribution in [0, 0.1) is 10.4 Å². The summed E-state index contributed by atoms with van der Waals surface area (Å²) in [6.07, 6.45) is 0. The van der Waals surface area contributed by atoms with E-state index in [0.29, 0.717) is 10.4 Å². The van der Waals surface area contributed by atoms with Crippen molar-refractivity contribution in [2.24, 2.45) is 0 Å². The molecule has 0 fully saturated rings. The van der Waals surface area contributed by atoms with Gasteiger partial charge in [-0.25, -0.2) is 0 Å². The fraction of sp³-hybridized carbons (Fsp3) is 0.273. The Morgan fingerprint density at radius 2 is 1.69 bits per heavy atom. The van der Waals surface area contributed by atoms with E-state index in [1.165, 1.54) is 0 Å². The monoisotopic (exact) mass is 238 g/mol. The smallest absolute Gasteiger partial charge is 0.302 e. The molecule has 1 aromatic carbocycles. The molecule has 0 aromatic heterocycles. The van der Waals surface area contributed by atoms with Gasteiger partial charge in [0.15, 0.2) is 0 Å². The molecule has 4 nitrogen and oxygen atoms in total. The van der Waals surface area contributed by atoms with E-state index in [1.807, 2.05) is 6.07 Å². The van der Waals surface area contributed by atoms with Gasteiger partial charge < -0.3 is 10.4 Å². The van der Waals surface area contributed by atoms with Crippen LogP contribution in [0.15, 0.2) is 30.3 Å². The van der Waals surface area contributed by atoms with Gasteiger partial charge in [-0.2, -0.15) is 0 Å². The summed E-state index contributed by atoms with van der Waals surface area (Å²) in [6.45, 7) is 3.20. The highest BCUT2D eigenvalue weighted by Crippen LogP contribution is 2.27. The first-order valence-corrected chi connectivity index (χ1v) is 5.24.